The molecule has 0 bridgehead atoms. The summed E-state index contributed by atoms with van der Waals surface area (Å²) in [5.41, 5.74) is -1.41. The Balaban J connectivity index is 1.55. The van der Waals surface area contributed by atoms with Crippen LogP contribution >= 0.6 is 0 Å². The van der Waals surface area contributed by atoms with Crippen molar-refractivity contribution in [2.45, 2.75) is 37.9 Å². The van der Waals surface area contributed by atoms with Gasteiger partial charge in [0.25, 0.3) is 5.91 Å². The number of aldehydes is 1. The Morgan fingerprint density at radius 2 is 1.90 bits per heavy atom. The molecule has 1 fully saturated rings. The van der Waals surface area contributed by atoms with Crippen LogP contribution in [0.15, 0.2) is 36.5 Å². The second kappa shape index (κ2) is 8.09. The first-order chi connectivity index (χ1) is 14.7. The van der Waals surface area contributed by atoms with Crippen molar-refractivity contribution in [3.8, 4) is 0 Å². The van der Waals surface area contributed by atoms with Crippen LogP contribution in [0.1, 0.15) is 47.9 Å². The van der Waals surface area contributed by atoms with E-state index < -0.39 is 29.3 Å². The van der Waals surface area contributed by atoms with Gasteiger partial charge < -0.3 is 10.1 Å². The van der Waals surface area contributed by atoms with Gasteiger partial charge in [-0.05, 0) is 49.9 Å². The predicted molar refractivity (Wildman–Crippen MR) is 104 cm³/mol. The normalized spacial score (nSPS) is 19.4. The Kier molecular flexibility index (Phi) is 5.47. The molecule has 1 saturated carbocycles. The van der Waals surface area contributed by atoms with Crippen LogP contribution in [0.25, 0.3) is 10.9 Å². The lowest BCUT2D eigenvalue weighted by Gasteiger charge is -2.25. The molecule has 6 nitrogen and oxygen atoms in total. The molecular weight excluding hydrogens is 416 g/mol. The highest BCUT2D eigenvalue weighted by molar-refractivity contribution is 6.03. The van der Waals surface area contributed by atoms with Crippen LogP contribution in [0.4, 0.5) is 23.2 Å². The zero-order valence-electron chi connectivity index (χ0n) is 16.2. The fourth-order valence-electron chi connectivity index (χ4n) is 3.79. The van der Waals surface area contributed by atoms with Gasteiger partial charge in [-0.1, -0.05) is 6.07 Å². The topological polar surface area (TPSA) is 76.9 Å². The molecule has 1 N–H and O–H groups in total. The fraction of sp³-hybridized carbons (Fsp3) is 0.333. The van der Waals surface area contributed by atoms with Crippen molar-refractivity contribution in [3.63, 3.8) is 0 Å². The maximum absolute atomic E-state index is 14.6. The molecule has 10 heteroatoms. The number of alkyl halides is 3. The molecule has 2 aromatic heterocycles. The van der Waals surface area contributed by atoms with Crippen molar-refractivity contribution in [3.05, 3.63) is 53.7 Å². The van der Waals surface area contributed by atoms with E-state index >= 15 is 0 Å². The maximum atomic E-state index is 14.6. The minimum absolute atomic E-state index is 0.0456. The van der Waals surface area contributed by atoms with Gasteiger partial charge in [0.05, 0.1) is 6.04 Å². The molecule has 0 aliphatic heterocycles. The first-order valence-electron chi connectivity index (χ1n) is 9.74. The lowest BCUT2D eigenvalue weighted by Crippen LogP contribution is -2.19. The third-order valence-electron chi connectivity index (χ3n) is 5.42. The molecular formula is C21H18F4N4O2. The number of halogens is 4. The summed E-state index contributed by atoms with van der Waals surface area (Å²) in [4.78, 5) is 26.6. The van der Waals surface area contributed by atoms with Gasteiger partial charge in [-0.25, -0.2) is 9.37 Å². The minimum Gasteiger partial charge on any atom is -0.321 e. The Morgan fingerprint density at radius 1 is 1.16 bits per heavy atom. The van der Waals surface area contributed by atoms with Crippen LogP contribution in [-0.4, -0.2) is 27.0 Å². The Morgan fingerprint density at radius 3 is 2.58 bits per heavy atom. The number of pyridine rings is 1. The van der Waals surface area contributed by atoms with Crippen LogP contribution < -0.4 is 5.32 Å². The number of nitrogens with one attached hydrogen (secondary N) is 1. The smallest absolute Gasteiger partial charge is 0.321 e. The van der Waals surface area contributed by atoms with Crippen molar-refractivity contribution in [2.75, 3.05) is 5.32 Å². The largest absolute Gasteiger partial charge is 0.433 e. The molecule has 31 heavy (non-hydrogen) atoms. The molecule has 2 heterocycles. The molecule has 1 amide bonds. The first kappa shape index (κ1) is 21.0. The van der Waals surface area contributed by atoms with Gasteiger partial charge in [-0.3, -0.25) is 9.48 Å². The fourth-order valence-corrected chi connectivity index (χ4v) is 3.79. The predicted octanol–water partition coefficient (Wildman–Crippen LogP) is 4.77. The summed E-state index contributed by atoms with van der Waals surface area (Å²) >= 11 is 0. The van der Waals surface area contributed by atoms with Crippen molar-refractivity contribution in [2.24, 2.45) is 5.92 Å². The summed E-state index contributed by atoms with van der Waals surface area (Å²) in [6, 6.07) is 5.61. The molecule has 0 saturated heterocycles. The highest BCUT2D eigenvalue weighted by atomic mass is 19.4. The second-order valence-electron chi connectivity index (χ2n) is 7.57. The molecule has 1 aromatic carbocycles. The van der Waals surface area contributed by atoms with E-state index in [1.54, 1.807) is 10.9 Å². The Hall–Kier alpha value is -3.30. The summed E-state index contributed by atoms with van der Waals surface area (Å²) < 4.78 is 54.7. The number of benzene rings is 1. The van der Waals surface area contributed by atoms with Gasteiger partial charge >= 0.3 is 6.18 Å². The van der Waals surface area contributed by atoms with E-state index in [1.165, 1.54) is 6.07 Å². The molecule has 1 aliphatic rings. The molecule has 3 aromatic rings. The molecule has 0 radical (unpaired) electrons. The quantitative estimate of drug-likeness (QED) is 0.474. The SMILES string of the molecule is O=C[C@H]1CC[C@H](n2cc3cc(NC(=O)c4cccc(C(F)(F)F)n4)cc(F)c3n2)CC1. The first-order valence-corrected chi connectivity index (χ1v) is 9.74. The van der Waals surface area contributed by atoms with E-state index in [0.29, 0.717) is 5.39 Å². The van der Waals surface area contributed by atoms with Gasteiger partial charge in [0.2, 0.25) is 0 Å². The van der Waals surface area contributed by atoms with Gasteiger partial charge in [-0.2, -0.15) is 18.3 Å². The molecule has 0 atom stereocenters. The Labute approximate surface area is 174 Å². The lowest BCUT2D eigenvalue weighted by molar-refractivity contribution is -0.141. The zero-order chi connectivity index (χ0) is 22.2. The number of anilines is 1. The number of nitrogens with zero attached hydrogens (tertiary/aromatic N) is 3. The number of rotatable bonds is 4. The summed E-state index contributed by atoms with van der Waals surface area (Å²) in [5.74, 6) is -1.50. The van der Waals surface area contributed by atoms with Crippen molar-refractivity contribution in [1.29, 1.82) is 0 Å². The van der Waals surface area contributed by atoms with E-state index in [4.69, 9.17) is 0 Å². The molecule has 0 unspecified atom stereocenters. The van der Waals surface area contributed by atoms with Gasteiger partial charge in [0.1, 0.15) is 23.2 Å². The van der Waals surface area contributed by atoms with Crippen molar-refractivity contribution < 1.29 is 27.2 Å². The minimum atomic E-state index is -4.68. The second-order valence-corrected chi connectivity index (χ2v) is 7.57. The summed E-state index contributed by atoms with van der Waals surface area (Å²) in [7, 11) is 0. The van der Waals surface area contributed by atoms with Crippen molar-refractivity contribution in [1.82, 2.24) is 14.8 Å². The number of aromatic nitrogens is 3. The summed E-state index contributed by atoms with van der Waals surface area (Å²) in [6.45, 7) is 0. The van der Waals surface area contributed by atoms with Gasteiger partial charge in [0.15, 0.2) is 5.82 Å². The van der Waals surface area contributed by atoms with Crippen molar-refractivity contribution >= 4 is 28.8 Å². The molecule has 4 rings (SSSR count). The van der Waals surface area contributed by atoms with E-state index in [0.717, 1.165) is 56.2 Å². The Bertz CT molecular complexity index is 1130. The number of amides is 1. The third-order valence-corrected chi connectivity index (χ3v) is 5.42. The maximum Gasteiger partial charge on any atom is 0.433 e. The monoisotopic (exact) mass is 434 g/mol. The zero-order valence-corrected chi connectivity index (χ0v) is 16.2. The standard InChI is InChI=1S/C21H18F4N4O2/c22-16-9-14(26-20(31)17-2-1-3-18(27-17)21(23,24)25)8-13-10-29(28-19(13)16)15-6-4-12(11-30)5-7-15/h1-3,8-12,15H,4-7H2,(H,26,31)/t12-,15-. The number of carbonyl (C=O) groups excluding carboxylic acids is 2. The van der Waals surface area contributed by atoms with Crippen LogP contribution in [0.3, 0.4) is 0 Å². The van der Waals surface area contributed by atoms with E-state index in [-0.39, 0.29) is 23.2 Å². The molecule has 1 aliphatic carbocycles. The number of hydrogen-bond acceptors (Lipinski definition) is 4. The number of carbonyl (C=O) groups is 2. The van der Waals surface area contributed by atoms with Crippen LogP contribution in [-0.2, 0) is 11.0 Å². The summed E-state index contributed by atoms with van der Waals surface area (Å²) in [6.07, 6.45) is 0.955. The lowest BCUT2D eigenvalue weighted by atomic mass is 9.87. The van der Waals surface area contributed by atoms with Gasteiger partial charge in [-0.15, -0.1) is 0 Å². The van der Waals surface area contributed by atoms with Crippen LogP contribution in [0, 0.1) is 11.7 Å². The average Bonchev–Trinajstić information content (AvgIpc) is 3.18. The molecule has 162 valence electrons. The highest BCUT2D eigenvalue weighted by Crippen LogP contribution is 2.33. The third kappa shape index (κ3) is 4.42. The van der Waals surface area contributed by atoms with Gasteiger partial charge in [0, 0.05) is 23.2 Å². The molecule has 0 spiro atoms. The van der Waals surface area contributed by atoms with Crippen LogP contribution in [0.5, 0.6) is 0 Å². The van der Waals surface area contributed by atoms with E-state index in [9.17, 15) is 27.2 Å². The van der Waals surface area contributed by atoms with E-state index in [2.05, 4.69) is 15.4 Å². The van der Waals surface area contributed by atoms with Crippen LogP contribution in [0.2, 0.25) is 0 Å². The number of hydrogen-bond donors (Lipinski definition) is 1. The number of fused-ring (bicyclic) bond motifs is 1. The average molecular weight is 434 g/mol. The highest BCUT2D eigenvalue weighted by Gasteiger charge is 2.33. The summed E-state index contributed by atoms with van der Waals surface area (Å²) in [5, 5.41) is 7.14. The van der Waals surface area contributed by atoms with E-state index in [1.807, 2.05) is 0 Å².